The van der Waals surface area contributed by atoms with Crippen LogP contribution >= 0.6 is 0 Å². The normalized spacial score (nSPS) is 27.4. The molecule has 1 spiro atoms. The summed E-state index contributed by atoms with van der Waals surface area (Å²) >= 11 is 0. The van der Waals surface area contributed by atoms with Crippen LogP contribution in [0.15, 0.2) is 53.4 Å². The first-order valence-electron chi connectivity index (χ1n) is 16.6. The molecule has 3 fully saturated rings. The van der Waals surface area contributed by atoms with Gasteiger partial charge in [0.15, 0.2) is 0 Å². The molecule has 0 amide bonds. The molecule has 2 aromatic carbocycles. The SMILES string of the molecule is Cc1cccc(C)c1-c1cc2nc(n1)NS(=O)(=O)c1cccc(c1)C1C[C@@H](CN(C3CC4(CCCC4)C3)C[C@@H]1CC(C)C)O2. The maximum Gasteiger partial charge on any atom is 0.264 e. The molecule has 1 aromatic heterocycles. The molecule has 4 aliphatic rings. The standard InChI is InChI=1S/C36H46N4O3S/c1-23(2)15-27-21-40(28-19-36(20-28)13-5-6-14-36)22-29-17-31(27)26-11-8-12-30(16-26)44(41,42)39-35-37-32(18-33(38-35)43-29)34-24(3)9-7-10-25(34)4/h7-12,16,18,23,27-29,31H,5-6,13-15,17,19-22H2,1-4H3,(H,37,38,39)/t27-,29-,31?/m0/s1. The molecule has 2 aliphatic carbocycles. The zero-order valence-corrected chi connectivity index (χ0v) is 27.4. The molecule has 7 rings (SSSR count). The highest BCUT2D eigenvalue weighted by molar-refractivity contribution is 7.92. The third-order valence-electron chi connectivity index (χ3n) is 10.8. The topological polar surface area (TPSA) is 84.4 Å². The molecule has 3 aromatic rings. The monoisotopic (exact) mass is 614 g/mol. The Bertz CT molecular complexity index is 1620. The largest absolute Gasteiger partial charge is 0.473 e. The second-order valence-electron chi connectivity index (χ2n) is 14.6. The van der Waals surface area contributed by atoms with Gasteiger partial charge < -0.3 is 4.74 Å². The van der Waals surface area contributed by atoms with Gasteiger partial charge >= 0.3 is 0 Å². The summed E-state index contributed by atoms with van der Waals surface area (Å²) in [5, 5.41) is 0. The van der Waals surface area contributed by atoms with Crippen molar-refractivity contribution in [2.75, 3.05) is 17.8 Å². The van der Waals surface area contributed by atoms with Crippen LogP contribution in [0.5, 0.6) is 5.88 Å². The number of likely N-dealkylation sites (tertiary alicyclic amines) is 1. The number of nitrogens with zero attached hydrogens (tertiary/aromatic N) is 3. The summed E-state index contributed by atoms with van der Waals surface area (Å²) in [4.78, 5) is 12.4. The molecule has 3 atom stereocenters. The Kier molecular flexibility index (Phi) is 7.72. The number of fused-ring (bicyclic) bond motifs is 7. The highest BCUT2D eigenvalue weighted by Crippen LogP contribution is 2.55. The minimum atomic E-state index is -3.92. The van der Waals surface area contributed by atoms with Gasteiger partial charge in [-0.3, -0.25) is 4.90 Å². The summed E-state index contributed by atoms with van der Waals surface area (Å²) in [7, 11) is -3.92. The molecule has 234 valence electrons. The van der Waals surface area contributed by atoms with E-state index in [2.05, 4.69) is 60.5 Å². The van der Waals surface area contributed by atoms with Crippen molar-refractivity contribution in [1.82, 2.24) is 14.9 Å². The van der Waals surface area contributed by atoms with Crippen LogP contribution in [0.2, 0.25) is 0 Å². The lowest BCUT2D eigenvalue weighted by Gasteiger charge is -2.51. The van der Waals surface area contributed by atoms with Gasteiger partial charge in [-0.05, 0) is 104 Å². The number of sulfonamides is 1. The molecule has 6 bridgehead atoms. The Morgan fingerprint density at radius 3 is 2.45 bits per heavy atom. The van der Waals surface area contributed by atoms with E-state index in [9.17, 15) is 8.42 Å². The van der Waals surface area contributed by atoms with Gasteiger partial charge in [0.1, 0.15) is 6.10 Å². The molecule has 2 aliphatic heterocycles. The van der Waals surface area contributed by atoms with E-state index in [1.165, 1.54) is 38.5 Å². The average Bonchev–Trinajstić information content (AvgIpc) is 3.37. The number of anilines is 1. The van der Waals surface area contributed by atoms with Crippen molar-refractivity contribution in [3.05, 3.63) is 65.2 Å². The van der Waals surface area contributed by atoms with Crippen LogP contribution in [-0.4, -0.2) is 48.5 Å². The maximum absolute atomic E-state index is 13.7. The zero-order valence-electron chi connectivity index (χ0n) is 26.6. The third-order valence-corrected chi connectivity index (χ3v) is 12.2. The Hall–Kier alpha value is -2.97. The number of hydrogen-bond donors (Lipinski definition) is 1. The first-order valence-corrected chi connectivity index (χ1v) is 18.0. The fourth-order valence-corrected chi connectivity index (χ4v) is 9.82. The van der Waals surface area contributed by atoms with Crippen molar-refractivity contribution in [1.29, 1.82) is 0 Å². The van der Waals surface area contributed by atoms with Crippen molar-refractivity contribution < 1.29 is 13.2 Å². The van der Waals surface area contributed by atoms with Gasteiger partial charge in [-0.1, -0.05) is 57.0 Å². The van der Waals surface area contributed by atoms with E-state index >= 15 is 0 Å². The number of ether oxygens (including phenoxy) is 1. The summed E-state index contributed by atoms with van der Waals surface area (Å²) < 4.78 is 37.0. The number of aryl methyl sites for hydroxylation is 2. The number of aromatic nitrogens is 2. The minimum Gasteiger partial charge on any atom is -0.473 e. The number of benzene rings is 2. The second kappa shape index (κ2) is 11.4. The van der Waals surface area contributed by atoms with Crippen molar-refractivity contribution in [2.24, 2.45) is 17.3 Å². The van der Waals surface area contributed by atoms with Crippen LogP contribution in [0.1, 0.15) is 87.8 Å². The van der Waals surface area contributed by atoms with E-state index in [1.54, 1.807) is 6.07 Å². The third kappa shape index (κ3) is 5.76. The molecule has 2 saturated carbocycles. The smallest absolute Gasteiger partial charge is 0.264 e. The summed E-state index contributed by atoms with van der Waals surface area (Å²) in [6.45, 7) is 10.6. The van der Waals surface area contributed by atoms with Crippen LogP contribution in [0.3, 0.4) is 0 Å². The van der Waals surface area contributed by atoms with E-state index in [-0.39, 0.29) is 22.9 Å². The molecular formula is C36H46N4O3S. The lowest BCUT2D eigenvalue weighted by Crippen LogP contribution is -2.52. The summed E-state index contributed by atoms with van der Waals surface area (Å²) in [6, 6.07) is 16.2. The number of hydrogen-bond acceptors (Lipinski definition) is 6. The number of nitrogens with one attached hydrogen (secondary N) is 1. The maximum atomic E-state index is 13.7. The van der Waals surface area contributed by atoms with Crippen LogP contribution in [0.25, 0.3) is 11.3 Å². The van der Waals surface area contributed by atoms with Crippen LogP contribution in [-0.2, 0) is 10.0 Å². The highest BCUT2D eigenvalue weighted by Gasteiger charge is 2.49. The summed E-state index contributed by atoms with van der Waals surface area (Å²) in [5.74, 6) is 1.59. The molecular weight excluding hydrogens is 568 g/mol. The van der Waals surface area contributed by atoms with Crippen LogP contribution < -0.4 is 9.46 Å². The van der Waals surface area contributed by atoms with Gasteiger partial charge in [-0.25, -0.2) is 18.1 Å². The van der Waals surface area contributed by atoms with E-state index < -0.39 is 10.0 Å². The minimum absolute atomic E-state index is 0.0352. The second-order valence-corrected chi connectivity index (χ2v) is 16.2. The average molecular weight is 615 g/mol. The van der Waals surface area contributed by atoms with Crippen molar-refractivity contribution in [3.8, 4) is 17.1 Å². The fourth-order valence-electron chi connectivity index (χ4n) is 8.82. The van der Waals surface area contributed by atoms with E-state index in [4.69, 9.17) is 9.72 Å². The van der Waals surface area contributed by atoms with Gasteiger partial charge in [-0.15, -0.1) is 0 Å². The van der Waals surface area contributed by atoms with Crippen LogP contribution in [0, 0.1) is 31.1 Å². The number of rotatable bonds is 4. The fraction of sp³-hybridized carbons (Fsp3) is 0.556. The van der Waals surface area contributed by atoms with Crippen molar-refractivity contribution in [3.63, 3.8) is 0 Å². The molecule has 1 unspecified atom stereocenters. The van der Waals surface area contributed by atoms with Gasteiger partial charge in [0.25, 0.3) is 10.0 Å². The Morgan fingerprint density at radius 1 is 1.00 bits per heavy atom. The Balaban J connectivity index is 1.33. The summed E-state index contributed by atoms with van der Waals surface area (Å²) in [6.07, 6.45) is 9.95. The van der Waals surface area contributed by atoms with Crippen molar-refractivity contribution >= 4 is 16.0 Å². The van der Waals surface area contributed by atoms with Crippen molar-refractivity contribution in [2.45, 2.75) is 102 Å². The highest BCUT2D eigenvalue weighted by atomic mass is 32.2. The molecule has 1 N–H and O–H groups in total. The van der Waals surface area contributed by atoms with Gasteiger partial charge in [0, 0.05) is 30.8 Å². The van der Waals surface area contributed by atoms with E-state index in [0.29, 0.717) is 34.9 Å². The lowest BCUT2D eigenvalue weighted by atomic mass is 9.63. The van der Waals surface area contributed by atoms with E-state index in [1.807, 2.05) is 24.3 Å². The van der Waals surface area contributed by atoms with Crippen LogP contribution in [0.4, 0.5) is 5.95 Å². The molecule has 8 heteroatoms. The predicted octanol–water partition coefficient (Wildman–Crippen LogP) is 7.50. The van der Waals surface area contributed by atoms with Gasteiger partial charge in [-0.2, -0.15) is 4.98 Å². The Morgan fingerprint density at radius 2 is 1.73 bits per heavy atom. The molecule has 3 heterocycles. The Labute approximate surface area is 262 Å². The van der Waals surface area contributed by atoms with Gasteiger partial charge in [0.2, 0.25) is 11.8 Å². The summed E-state index contributed by atoms with van der Waals surface area (Å²) in [5.41, 5.74) is 5.42. The molecule has 7 nitrogen and oxygen atoms in total. The first-order chi connectivity index (χ1) is 21.1. The molecule has 44 heavy (non-hydrogen) atoms. The molecule has 0 radical (unpaired) electrons. The molecule has 1 saturated heterocycles. The quantitative estimate of drug-likeness (QED) is 0.328. The van der Waals surface area contributed by atoms with Gasteiger partial charge in [0.05, 0.1) is 10.6 Å². The van der Waals surface area contributed by atoms with E-state index in [0.717, 1.165) is 48.2 Å². The lowest BCUT2D eigenvalue weighted by molar-refractivity contribution is -0.0134. The zero-order chi connectivity index (χ0) is 30.6. The predicted molar refractivity (Wildman–Crippen MR) is 174 cm³/mol. The first kappa shape index (κ1) is 29.7.